The number of aryl methyl sites for hydroxylation is 1. The van der Waals surface area contributed by atoms with Crippen LogP contribution < -0.4 is 5.32 Å². The SMILES string of the molecule is CC(F)c1cc2c(cc1-c1cnn(C)c1)CCN2. The van der Waals surface area contributed by atoms with Crippen molar-refractivity contribution in [2.75, 3.05) is 11.9 Å². The lowest BCUT2D eigenvalue weighted by atomic mass is 9.96. The molecule has 0 spiro atoms. The van der Waals surface area contributed by atoms with E-state index in [1.54, 1.807) is 17.8 Å². The molecule has 0 amide bonds. The molecule has 0 aliphatic carbocycles. The van der Waals surface area contributed by atoms with Crippen molar-refractivity contribution in [2.45, 2.75) is 19.5 Å². The standard InChI is InChI=1S/C14H16FN3/c1-9(15)12-6-14-10(3-4-16-14)5-13(12)11-7-17-18(2)8-11/h5-9,16H,3-4H2,1-2H3. The topological polar surface area (TPSA) is 29.9 Å². The van der Waals surface area contributed by atoms with Gasteiger partial charge in [-0.1, -0.05) is 0 Å². The largest absolute Gasteiger partial charge is 0.384 e. The molecule has 94 valence electrons. The number of halogens is 1. The Labute approximate surface area is 106 Å². The van der Waals surface area contributed by atoms with Crippen molar-refractivity contribution in [1.29, 1.82) is 0 Å². The van der Waals surface area contributed by atoms with Crippen molar-refractivity contribution < 1.29 is 4.39 Å². The number of anilines is 1. The van der Waals surface area contributed by atoms with Crippen molar-refractivity contribution in [3.63, 3.8) is 0 Å². The minimum Gasteiger partial charge on any atom is -0.384 e. The average molecular weight is 245 g/mol. The van der Waals surface area contributed by atoms with Crippen LogP contribution in [-0.4, -0.2) is 16.3 Å². The predicted molar refractivity (Wildman–Crippen MR) is 70.4 cm³/mol. The van der Waals surface area contributed by atoms with E-state index in [0.717, 1.165) is 35.3 Å². The van der Waals surface area contributed by atoms with Crippen LogP contribution in [0.2, 0.25) is 0 Å². The zero-order valence-electron chi connectivity index (χ0n) is 10.6. The highest BCUT2D eigenvalue weighted by Crippen LogP contribution is 2.36. The summed E-state index contributed by atoms with van der Waals surface area (Å²) in [6.45, 7) is 2.52. The molecular weight excluding hydrogens is 229 g/mol. The molecule has 0 bridgehead atoms. The normalized spacial score (nSPS) is 15.3. The fraction of sp³-hybridized carbons (Fsp3) is 0.357. The van der Waals surface area contributed by atoms with E-state index < -0.39 is 6.17 Å². The quantitative estimate of drug-likeness (QED) is 0.881. The molecule has 4 heteroatoms. The van der Waals surface area contributed by atoms with Gasteiger partial charge in [0, 0.05) is 31.0 Å². The lowest BCUT2D eigenvalue weighted by Crippen LogP contribution is -1.95. The first kappa shape index (κ1) is 11.3. The van der Waals surface area contributed by atoms with Gasteiger partial charge >= 0.3 is 0 Å². The second-order valence-corrected chi connectivity index (χ2v) is 4.79. The van der Waals surface area contributed by atoms with Crippen molar-refractivity contribution in [3.05, 3.63) is 35.7 Å². The van der Waals surface area contributed by atoms with Gasteiger partial charge in [-0.05, 0) is 42.2 Å². The third-order valence-corrected chi connectivity index (χ3v) is 3.43. The van der Waals surface area contributed by atoms with E-state index in [9.17, 15) is 4.39 Å². The molecule has 0 radical (unpaired) electrons. The fourth-order valence-electron chi connectivity index (χ4n) is 2.50. The molecule has 1 aliphatic rings. The summed E-state index contributed by atoms with van der Waals surface area (Å²) >= 11 is 0. The number of hydrogen-bond acceptors (Lipinski definition) is 2. The molecule has 3 nitrogen and oxygen atoms in total. The number of benzene rings is 1. The number of fused-ring (bicyclic) bond motifs is 1. The van der Waals surface area contributed by atoms with Crippen LogP contribution in [0, 0.1) is 0 Å². The molecular formula is C14H16FN3. The molecule has 1 aromatic heterocycles. The van der Waals surface area contributed by atoms with E-state index in [0.29, 0.717) is 0 Å². The maximum Gasteiger partial charge on any atom is 0.123 e. The second kappa shape index (κ2) is 4.12. The third kappa shape index (κ3) is 1.78. The van der Waals surface area contributed by atoms with Gasteiger partial charge in [0.1, 0.15) is 6.17 Å². The lowest BCUT2D eigenvalue weighted by Gasteiger charge is -2.12. The Morgan fingerprint density at radius 2 is 2.28 bits per heavy atom. The smallest absolute Gasteiger partial charge is 0.123 e. The van der Waals surface area contributed by atoms with Crippen LogP contribution >= 0.6 is 0 Å². The van der Waals surface area contributed by atoms with Crippen molar-refractivity contribution in [2.24, 2.45) is 7.05 Å². The van der Waals surface area contributed by atoms with E-state index in [1.165, 1.54) is 5.56 Å². The van der Waals surface area contributed by atoms with Crippen LogP contribution in [0.3, 0.4) is 0 Å². The molecule has 1 aliphatic heterocycles. The zero-order valence-corrected chi connectivity index (χ0v) is 10.6. The van der Waals surface area contributed by atoms with Crippen LogP contribution in [0.15, 0.2) is 24.5 Å². The van der Waals surface area contributed by atoms with Crippen molar-refractivity contribution in [3.8, 4) is 11.1 Å². The number of nitrogens with one attached hydrogen (secondary N) is 1. The van der Waals surface area contributed by atoms with Gasteiger partial charge in [-0.15, -0.1) is 0 Å². The van der Waals surface area contributed by atoms with Crippen molar-refractivity contribution >= 4 is 5.69 Å². The Morgan fingerprint density at radius 3 is 2.94 bits per heavy atom. The highest BCUT2D eigenvalue weighted by molar-refractivity contribution is 5.73. The molecule has 0 saturated carbocycles. The van der Waals surface area contributed by atoms with Gasteiger partial charge in [0.05, 0.1) is 6.20 Å². The zero-order chi connectivity index (χ0) is 12.7. The van der Waals surface area contributed by atoms with Gasteiger partial charge in [0.25, 0.3) is 0 Å². The summed E-state index contributed by atoms with van der Waals surface area (Å²) in [7, 11) is 1.87. The molecule has 1 aromatic carbocycles. The predicted octanol–water partition coefficient (Wildman–Crippen LogP) is 3.09. The van der Waals surface area contributed by atoms with Crippen LogP contribution in [0.1, 0.15) is 24.2 Å². The van der Waals surface area contributed by atoms with Gasteiger partial charge < -0.3 is 5.32 Å². The van der Waals surface area contributed by atoms with E-state index >= 15 is 0 Å². The summed E-state index contributed by atoms with van der Waals surface area (Å²) in [5, 5.41) is 7.46. The fourth-order valence-corrected chi connectivity index (χ4v) is 2.50. The number of aromatic nitrogens is 2. The molecule has 2 heterocycles. The van der Waals surface area contributed by atoms with Crippen LogP contribution in [0.5, 0.6) is 0 Å². The minimum atomic E-state index is -0.979. The molecule has 0 fully saturated rings. The van der Waals surface area contributed by atoms with E-state index in [2.05, 4.69) is 16.5 Å². The Kier molecular flexibility index (Phi) is 2.58. The maximum atomic E-state index is 13.8. The van der Waals surface area contributed by atoms with Crippen LogP contribution in [0.25, 0.3) is 11.1 Å². The highest BCUT2D eigenvalue weighted by Gasteiger charge is 2.18. The Hall–Kier alpha value is -1.84. The Morgan fingerprint density at radius 1 is 1.44 bits per heavy atom. The first-order valence-electron chi connectivity index (χ1n) is 6.19. The van der Waals surface area contributed by atoms with Gasteiger partial charge in [-0.25, -0.2) is 4.39 Å². The number of nitrogens with zero attached hydrogens (tertiary/aromatic N) is 2. The molecule has 3 rings (SSSR count). The van der Waals surface area contributed by atoms with Crippen LogP contribution in [-0.2, 0) is 13.5 Å². The van der Waals surface area contributed by atoms with E-state index in [1.807, 2.05) is 19.3 Å². The number of rotatable bonds is 2. The molecule has 1 N–H and O–H groups in total. The van der Waals surface area contributed by atoms with Gasteiger partial charge in [0.15, 0.2) is 0 Å². The third-order valence-electron chi connectivity index (χ3n) is 3.43. The van der Waals surface area contributed by atoms with Gasteiger partial charge in [-0.3, -0.25) is 4.68 Å². The number of alkyl halides is 1. The molecule has 18 heavy (non-hydrogen) atoms. The summed E-state index contributed by atoms with van der Waals surface area (Å²) < 4.78 is 15.5. The Bertz CT molecular complexity index is 587. The molecule has 2 aromatic rings. The molecule has 1 atom stereocenters. The summed E-state index contributed by atoms with van der Waals surface area (Å²) in [4.78, 5) is 0. The summed E-state index contributed by atoms with van der Waals surface area (Å²) in [5.74, 6) is 0. The maximum absolute atomic E-state index is 13.8. The van der Waals surface area contributed by atoms with Crippen LogP contribution in [0.4, 0.5) is 10.1 Å². The van der Waals surface area contributed by atoms with Gasteiger partial charge in [-0.2, -0.15) is 5.10 Å². The Balaban J connectivity index is 2.17. The van der Waals surface area contributed by atoms with E-state index in [-0.39, 0.29) is 0 Å². The molecule has 0 saturated heterocycles. The first-order chi connectivity index (χ1) is 8.65. The highest BCUT2D eigenvalue weighted by atomic mass is 19.1. The van der Waals surface area contributed by atoms with E-state index in [4.69, 9.17) is 0 Å². The van der Waals surface area contributed by atoms with Crippen molar-refractivity contribution in [1.82, 2.24) is 9.78 Å². The summed E-state index contributed by atoms with van der Waals surface area (Å²) in [6.07, 6.45) is 3.74. The molecule has 1 unspecified atom stereocenters. The lowest BCUT2D eigenvalue weighted by molar-refractivity contribution is 0.375. The first-order valence-corrected chi connectivity index (χ1v) is 6.19. The average Bonchev–Trinajstić information content (AvgIpc) is 2.94. The second-order valence-electron chi connectivity index (χ2n) is 4.79. The monoisotopic (exact) mass is 245 g/mol. The summed E-state index contributed by atoms with van der Waals surface area (Å²) in [6, 6.07) is 4.03. The summed E-state index contributed by atoms with van der Waals surface area (Å²) in [5.41, 5.74) is 5.00. The minimum absolute atomic E-state index is 0.733. The van der Waals surface area contributed by atoms with Gasteiger partial charge in [0.2, 0.25) is 0 Å². The number of hydrogen-bond donors (Lipinski definition) is 1.